The van der Waals surface area contributed by atoms with Crippen LogP contribution in [-0.4, -0.2) is 15.7 Å². The summed E-state index contributed by atoms with van der Waals surface area (Å²) in [5, 5.41) is 4.50. The van der Waals surface area contributed by atoms with Gasteiger partial charge in [-0.3, -0.25) is 4.68 Å². The molecule has 1 aliphatic rings. The molecule has 1 aromatic rings. The average Bonchev–Trinajstić information content (AvgIpc) is 3.05. The summed E-state index contributed by atoms with van der Waals surface area (Å²) in [6.45, 7) is 7.47. The van der Waals surface area contributed by atoms with Gasteiger partial charge in [0.1, 0.15) is 0 Å². The fourth-order valence-corrected chi connectivity index (χ4v) is 2.82. The van der Waals surface area contributed by atoms with Crippen LogP contribution in [0.15, 0.2) is 6.07 Å². The van der Waals surface area contributed by atoms with Crippen LogP contribution in [0.3, 0.4) is 0 Å². The van der Waals surface area contributed by atoms with Crippen LogP contribution in [0.2, 0.25) is 0 Å². The van der Waals surface area contributed by atoms with E-state index in [4.69, 9.17) is 11.6 Å². The lowest BCUT2D eigenvalue weighted by Crippen LogP contribution is -2.25. The Morgan fingerprint density at radius 2 is 2.25 bits per heavy atom. The van der Waals surface area contributed by atoms with Crippen molar-refractivity contribution in [1.29, 1.82) is 0 Å². The maximum atomic E-state index is 6.17. The molecule has 0 aliphatic heterocycles. The van der Waals surface area contributed by atoms with E-state index in [-0.39, 0.29) is 5.41 Å². The van der Waals surface area contributed by atoms with E-state index in [0.29, 0.717) is 0 Å². The van der Waals surface area contributed by atoms with Crippen LogP contribution in [0.5, 0.6) is 0 Å². The highest BCUT2D eigenvalue weighted by Crippen LogP contribution is 2.48. The van der Waals surface area contributed by atoms with Gasteiger partial charge in [0.25, 0.3) is 0 Å². The molecule has 1 aromatic heterocycles. The molecular formula is C13H21ClN2. The molecule has 0 saturated heterocycles. The molecule has 0 radical (unpaired) electrons. The van der Waals surface area contributed by atoms with E-state index in [1.165, 1.54) is 18.5 Å². The largest absolute Gasteiger partial charge is 0.270 e. The van der Waals surface area contributed by atoms with Crippen molar-refractivity contribution < 1.29 is 0 Å². The Balaban J connectivity index is 2.17. The molecule has 0 amide bonds. The van der Waals surface area contributed by atoms with Gasteiger partial charge >= 0.3 is 0 Å². The second-order valence-electron chi connectivity index (χ2n) is 5.33. The minimum Gasteiger partial charge on any atom is -0.270 e. The standard InChI is InChI=1S/C13H21ClN2/c1-4-16-12(7-10(2)15-16)8-13(3,9-14)11-5-6-11/h7,11H,4-6,8-9H2,1-3H3. The number of alkyl halides is 1. The number of rotatable bonds is 5. The molecule has 1 saturated carbocycles. The van der Waals surface area contributed by atoms with Gasteiger partial charge in [0, 0.05) is 18.1 Å². The van der Waals surface area contributed by atoms with Crippen molar-refractivity contribution in [2.75, 3.05) is 5.88 Å². The lowest BCUT2D eigenvalue weighted by Gasteiger charge is -2.27. The summed E-state index contributed by atoms with van der Waals surface area (Å²) in [5.74, 6) is 1.58. The van der Waals surface area contributed by atoms with Crippen molar-refractivity contribution in [1.82, 2.24) is 9.78 Å². The number of halogens is 1. The summed E-state index contributed by atoms with van der Waals surface area (Å²) >= 11 is 6.17. The number of aryl methyl sites for hydroxylation is 2. The van der Waals surface area contributed by atoms with Crippen molar-refractivity contribution in [3.63, 3.8) is 0 Å². The summed E-state index contributed by atoms with van der Waals surface area (Å²) in [6.07, 6.45) is 3.76. The Morgan fingerprint density at radius 3 is 2.75 bits per heavy atom. The molecule has 0 spiro atoms. The first-order valence-electron chi connectivity index (χ1n) is 6.18. The second kappa shape index (κ2) is 4.40. The van der Waals surface area contributed by atoms with Gasteiger partial charge < -0.3 is 0 Å². The molecule has 0 aromatic carbocycles. The number of hydrogen-bond donors (Lipinski definition) is 0. The lowest BCUT2D eigenvalue weighted by atomic mass is 9.82. The molecule has 3 heteroatoms. The molecule has 0 bridgehead atoms. The Labute approximate surface area is 103 Å². The number of hydrogen-bond acceptors (Lipinski definition) is 1. The molecule has 1 fully saturated rings. The quantitative estimate of drug-likeness (QED) is 0.722. The Morgan fingerprint density at radius 1 is 1.56 bits per heavy atom. The highest BCUT2D eigenvalue weighted by atomic mass is 35.5. The predicted molar refractivity (Wildman–Crippen MR) is 67.9 cm³/mol. The summed E-state index contributed by atoms with van der Waals surface area (Å²) in [6, 6.07) is 2.21. The van der Waals surface area contributed by atoms with Crippen LogP contribution >= 0.6 is 11.6 Å². The molecule has 1 aliphatic carbocycles. The first kappa shape index (κ1) is 12.0. The van der Waals surface area contributed by atoms with Gasteiger partial charge in [0.15, 0.2) is 0 Å². The highest BCUT2D eigenvalue weighted by Gasteiger charge is 2.41. The van der Waals surface area contributed by atoms with Crippen LogP contribution in [-0.2, 0) is 13.0 Å². The molecule has 2 rings (SSSR count). The van der Waals surface area contributed by atoms with Gasteiger partial charge in [0.05, 0.1) is 5.69 Å². The molecule has 1 heterocycles. The van der Waals surface area contributed by atoms with Gasteiger partial charge in [-0.05, 0) is 50.5 Å². The van der Waals surface area contributed by atoms with E-state index < -0.39 is 0 Å². The zero-order valence-corrected chi connectivity index (χ0v) is 11.2. The zero-order valence-electron chi connectivity index (χ0n) is 10.5. The maximum Gasteiger partial charge on any atom is 0.0596 e. The van der Waals surface area contributed by atoms with Crippen LogP contribution in [0.1, 0.15) is 38.1 Å². The smallest absolute Gasteiger partial charge is 0.0596 e. The van der Waals surface area contributed by atoms with Crippen LogP contribution < -0.4 is 0 Å². The van der Waals surface area contributed by atoms with Crippen molar-refractivity contribution in [3.8, 4) is 0 Å². The summed E-state index contributed by atoms with van der Waals surface area (Å²) in [4.78, 5) is 0. The van der Waals surface area contributed by atoms with E-state index in [1.54, 1.807) is 0 Å². The monoisotopic (exact) mass is 240 g/mol. The minimum absolute atomic E-state index is 0.265. The first-order valence-corrected chi connectivity index (χ1v) is 6.72. The molecule has 1 atom stereocenters. The average molecular weight is 241 g/mol. The van der Waals surface area contributed by atoms with Crippen LogP contribution in [0.25, 0.3) is 0 Å². The van der Waals surface area contributed by atoms with Gasteiger partial charge in [0.2, 0.25) is 0 Å². The number of aromatic nitrogens is 2. The topological polar surface area (TPSA) is 17.8 Å². The van der Waals surface area contributed by atoms with E-state index >= 15 is 0 Å². The minimum atomic E-state index is 0.265. The van der Waals surface area contributed by atoms with Crippen LogP contribution in [0, 0.1) is 18.3 Å². The summed E-state index contributed by atoms with van der Waals surface area (Å²) in [5.41, 5.74) is 2.72. The summed E-state index contributed by atoms with van der Waals surface area (Å²) in [7, 11) is 0. The van der Waals surface area contributed by atoms with Gasteiger partial charge in [-0.2, -0.15) is 5.10 Å². The first-order chi connectivity index (χ1) is 7.59. The van der Waals surface area contributed by atoms with Crippen molar-refractivity contribution >= 4 is 11.6 Å². The molecule has 0 N–H and O–H groups in total. The molecule has 90 valence electrons. The third kappa shape index (κ3) is 2.27. The van der Waals surface area contributed by atoms with E-state index in [0.717, 1.165) is 30.5 Å². The normalized spacial score (nSPS) is 19.8. The SMILES string of the molecule is CCn1nc(C)cc1CC(C)(CCl)C1CC1. The van der Waals surface area contributed by atoms with E-state index in [2.05, 4.69) is 36.6 Å². The van der Waals surface area contributed by atoms with Gasteiger partial charge in [-0.15, -0.1) is 11.6 Å². The lowest BCUT2D eigenvalue weighted by molar-refractivity contribution is 0.304. The molecular weight excluding hydrogens is 220 g/mol. The Kier molecular flexibility index (Phi) is 3.29. The predicted octanol–water partition coefficient (Wildman–Crippen LogP) is 3.41. The van der Waals surface area contributed by atoms with E-state index in [9.17, 15) is 0 Å². The molecule has 2 nitrogen and oxygen atoms in total. The van der Waals surface area contributed by atoms with Gasteiger partial charge in [-0.25, -0.2) is 0 Å². The third-order valence-electron chi connectivity index (χ3n) is 3.74. The molecule has 1 unspecified atom stereocenters. The maximum absolute atomic E-state index is 6.17. The van der Waals surface area contributed by atoms with Gasteiger partial charge in [-0.1, -0.05) is 6.92 Å². The van der Waals surface area contributed by atoms with Crippen molar-refractivity contribution in [3.05, 3.63) is 17.5 Å². The summed E-state index contributed by atoms with van der Waals surface area (Å²) < 4.78 is 2.11. The van der Waals surface area contributed by atoms with Crippen molar-refractivity contribution in [2.24, 2.45) is 11.3 Å². The second-order valence-corrected chi connectivity index (χ2v) is 5.60. The fourth-order valence-electron chi connectivity index (χ4n) is 2.51. The Hall–Kier alpha value is -0.500. The van der Waals surface area contributed by atoms with Crippen LogP contribution in [0.4, 0.5) is 0 Å². The molecule has 16 heavy (non-hydrogen) atoms. The van der Waals surface area contributed by atoms with Crippen molar-refractivity contribution in [2.45, 2.75) is 46.6 Å². The Bertz CT molecular complexity index is 368. The fraction of sp³-hybridized carbons (Fsp3) is 0.769. The third-order valence-corrected chi connectivity index (χ3v) is 4.35. The zero-order chi connectivity index (χ0) is 11.8. The highest BCUT2D eigenvalue weighted by molar-refractivity contribution is 6.18. The van der Waals surface area contributed by atoms with E-state index in [1.807, 2.05) is 0 Å². The number of nitrogens with zero attached hydrogens (tertiary/aromatic N) is 2.